The van der Waals surface area contributed by atoms with Crippen molar-refractivity contribution in [3.8, 4) is 0 Å². The van der Waals surface area contributed by atoms with Crippen molar-refractivity contribution < 1.29 is 18.0 Å². The second kappa shape index (κ2) is 15.1. The summed E-state index contributed by atoms with van der Waals surface area (Å²) in [6, 6.07) is 20.6. The third-order valence-electron chi connectivity index (χ3n) is 7.28. The molecule has 1 amide bonds. The summed E-state index contributed by atoms with van der Waals surface area (Å²) in [5.74, 6) is -0.446. The quantitative estimate of drug-likeness (QED) is 0.0924. The molecule has 9 nitrogen and oxygen atoms in total. The van der Waals surface area contributed by atoms with Crippen molar-refractivity contribution in [2.75, 3.05) is 16.8 Å². The highest BCUT2D eigenvalue weighted by atomic mass is 35.5. The van der Waals surface area contributed by atoms with Crippen molar-refractivity contribution in [3.05, 3.63) is 106 Å². The lowest BCUT2D eigenvalue weighted by Crippen LogP contribution is -2.44. The third kappa shape index (κ3) is 8.98. The number of tetrazole rings is 1. The zero-order valence-corrected chi connectivity index (χ0v) is 26.0. The number of aromatic amines is 1. The predicted molar refractivity (Wildman–Crippen MR) is 177 cm³/mol. The Morgan fingerprint density at radius 1 is 1.07 bits per heavy atom. The Morgan fingerprint density at radius 2 is 1.80 bits per heavy atom. The van der Waals surface area contributed by atoms with Gasteiger partial charge >= 0.3 is 6.18 Å². The molecule has 0 bridgehead atoms. The summed E-state index contributed by atoms with van der Waals surface area (Å²) in [5.41, 5.74) is 4.69. The van der Waals surface area contributed by atoms with Crippen LogP contribution in [0.5, 0.6) is 0 Å². The van der Waals surface area contributed by atoms with Crippen LogP contribution in [-0.4, -0.2) is 50.6 Å². The van der Waals surface area contributed by atoms with Gasteiger partial charge in [-0.1, -0.05) is 71.4 Å². The van der Waals surface area contributed by atoms with Crippen LogP contribution in [0.25, 0.3) is 5.57 Å². The maximum atomic E-state index is 13.6. The van der Waals surface area contributed by atoms with E-state index < -0.39 is 24.7 Å². The van der Waals surface area contributed by atoms with Crippen molar-refractivity contribution in [1.29, 1.82) is 0 Å². The van der Waals surface area contributed by atoms with E-state index in [0.717, 1.165) is 31.2 Å². The average Bonchev–Trinajstić information content (AvgIpc) is 3.58. The van der Waals surface area contributed by atoms with Crippen LogP contribution in [0.3, 0.4) is 0 Å². The van der Waals surface area contributed by atoms with Crippen LogP contribution in [0.2, 0.25) is 5.02 Å². The highest BCUT2D eigenvalue weighted by Gasteiger charge is 2.28. The Kier molecular flexibility index (Phi) is 10.8. The molecule has 0 saturated heterocycles. The summed E-state index contributed by atoms with van der Waals surface area (Å²) in [6.45, 7) is -1.28. The molecule has 1 aliphatic rings. The lowest BCUT2D eigenvalue weighted by Gasteiger charge is -2.30. The van der Waals surface area contributed by atoms with Crippen molar-refractivity contribution in [1.82, 2.24) is 25.9 Å². The number of halogens is 4. The minimum atomic E-state index is -4.54. The fourth-order valence-electron chi connectivity index (χ4n) is 4.96. The van der Waals surface area contributed by atoms with Gasteiger partial charge in [-0.25, -0.2) is 4.99 Å². The molecule has 0 spiro atoms. The molecule has 0 saturated carbocycles. The molecule has 46 heavy (non-hydrogen) atoms. The topological polar surface area (TPSA) is 111 Å². The molecule has 238 valence electrons. The summed E-state index contributed by atoms with van der Waals surface area (Å²) in [5, 5.41) is 20.7. The van der Waals surface area contributed by atoms with E-state index in [1.54, 1.807) is 53.4 Å². The third-order valence-corrected chi connectivity index (χ3v) is 7.81. The minimum Gasteiger partial charge on any atom is -0.345 e. The molecule has 1 atom stereocenters. The Hall–Kier alpha value is -4.62. The number of guanidine groups is 1. The first-order chi connectivity index (χ1) is 22.2. The second-order valence-electron chi connectivity index (χ2n) is 10.6. The normalized spacial score (nSPS) is 14.3. The number of nitrogens with zero attached hydrogens (tertiary/aromatic N) is 5. The molecule has 1 aliphatic carbocycles. The standard InChI is InChI=1S/C32H30ClF3N8OS/c33-26-14-10-24(11-15-26)28(19-46)38-31(37-20-32(34,35)36)44(27-16-12-23(13-17-27)22-4-2-1-3-5-22)18-21-6-8-25(9-7-21)29(45)39-30-40-42-43-41-30/h4,6-17,19,28H,1-3,5,18,20H2,(H,37,38)(H2,39,40,41,42,43,45). The summed E-state index contributed by atoms with van der Waals surface area (Å²) in [6.07, 6.45) is 1.97. The number of carbonyl (C=O) groups is 1. The van der Waals surface area contributed by atoms with Crippen LogP contribution in [0.15, 0.2) is 83.9 Å². The fourth-order valence-corrected chi connectivity index (χ4v) is 5.31. The molecule has 14 heteroatoms. The van der Waals surface area contributed by atoms with Crippen LogP contribution < -0.4 is 15.5 Å². The highest BCUT2D eigenvalue weighted by molar-refractivity contribution is 7.79. The van der Waals surface area contributed by atoms with Crippen LogP contribution in [-0.2, 0) is 6.54 Å². The highest BCUT2D eigenvalue weighted by Crippen LogP contribution is 2.29. The van der Waals surface area contributed by atoms with Gasteiger partial charge in [0.05, 0.1) is 12.6 Å². The zero-order chi connectivity index (χ0) is 32.5. The first-order valence-electron chi connectivity index (χ1n) is 14.5. The van der Waals surface area contributed by atoms with Crippen molar-refractivity contribution in [2.45, 2.75) is 44.4 Å². The smallest absolute Gasteiger partial charge is 0.345 e. The van der Waals surface area contributed by atoms with Crippen LogP contribution in [0.4, 0.5) is 24.8 Å². The largest absolute Gasteiger partial charge is 0.408 e. The number of rotatable bonds is 10. The van der Waals surface area contributed by atoms with E-state index in [2.05, 4.69) is 42.3 Å². The van der Waals surface area contributed by atoms with Crippen LogP contribution in [0.1, 0.15) is 58.8 Å². The van der Waals surface area contributed by atoms with E-state index in [9.17, 15) is 18.0 Å². The van der Waals surface area contributed by atoms with Gasteiger partial charge < -0.3 is 10.2 Å². The lowest BCUT2D eigenvalue weighted by molar-refractivity contribution is -0.118. The maximum absolute atomic E-state index is 13.6. The first-order valence-corrected chi connectivity index (χ1v) is 15.3. The monoisotopic (exact) mass is 666 g/mol. The van der Waals surface area contributed by atoms with E-state index in [-0.39, 0.29) is 18.5 Å². The molecule has 0 fully saturated rings. The SMILES string of the molecule is O=C(Nc1nn[nH]n1)c1ccc(CN(C(=NCC(F)(F)F)NC(C=S)c2ccc(Cl)cc2)c2ccc(C3=CCCCC3)cc2)cc1. The number of amides is 1. The van der Waals surface area contributed by atoms with Gasteiger partial charge in [0.15, 0.2) is 5.96 Å². The minimum absolute atomic E-state index is 0.0260. The molecule has 3 N–H and O–H groups in total. The second-order valence-corrected chi connectivity index (χ2v) is 11.3. The van der Waals surface area contributed by atoms with Gasteiger partial charge in [-0.15, -0.1) is 5.10 Å². The van der Waals surface area contributed by atoms with Crippen molar-refractivity contribution >= 4 is 58.3 Å². The maximum Gasteiger partial charge on any atom is 0.408 e. The number of thiocarbonyl (C=S) groups is 1. The van der Waals surface area contributed by atoms with E-state index >= 15 is 0 Å². The molecule has 1 heterocycles. The Labute approximate surface area is 274 Å². The first kappa shape index (κ1) is 32.8. The van der Waals surface area contributed by atoms with Crippen LogP contribution in [0, 0.1) is 0 Å². The Bertz CT molecular complexity index is 1680. The number of alkyl halides is 3. The summed E-state index contributed by atoms with van der Waals surface area (Å²) < 4.78 is 40.7. The van der Waals surface area contributed by atoms with E-state index in [1.807, 2.05) is 24.3 Å². The Balaban J connectivity index is 1.48. The lowest BCUT2D eigenvalue weighted by atomic mass is 9.93. The molecular weight excluding hydrogens is 637 g/mol. The molecule has 5 rings (SSSR count). The van der Waals surface area contributed by atoms with Gasteiger partial charge in [0, 0.05) is 21.6 Å². The summed E-state index contributed by atoms with van der Waals surface area (Å²) in [4.78, 5) is 18.3. The number of hydrogen-bond acceptors (Lipinski definition) is 6. The molecule has 1 unspecified atom stereocenters. The fraction of sp³-hybridized carbons (Fsp3) is 0.250. The van der Waals surface area contributed by atoms with Gasteiger partial charge in [-0.3, -0.25) is 10.1 Å². The molecule has 0 aliphatic heterocycles. The molecule has 1 aromatic heterocycles. The summed E-state index contributed by atoms with van der Waals surface area (Å²) >= 11 is 11.4. The number of nitrogens with one attached hydrogen (secondary N) is 3. The molecule has 0 radical (unpaired) electrons. The number of aliphatic imine (C=N–C) groups is 1. The number of hydrogen-bond donors (Lipinski definition) is 3. The molecular formula is C32H30ClF3N8OS. The molecule has 3 aromatic carbocycles. The van der Waals surface area contributed by atoms with Crippen molar-refractivity contribution in [3.63, 3.8) is 0 Å². The predicted octanol–water partition coefficient (Wildman–Crippen LogP) is 7.32. The van der Waals surface area contributed by atoms with Crippen LogP contribution >= 0.6 is 23.8 Å². The Morgan fingerprint density at radius 3 is 2.41 bits per heavy atom. The number of carbonyl (C=O) groups excluding carboxylic acids is 1. The molecule has 4 aromatic rings. The van der Waals surface area contributed by atoms with Gasteiger partial charge in [0.25, 0.3) is 11.9 Å². The number of H-pyrrole nitrogens is 1. The van der Waals surface area contributed by atoms with E-state index in [1.165, 1.54) is 10.9 Å². The number of anilines is 2. The van der Waals surface area contributed by atoms with Crippen molar-refractivity contribution in [2.24, 2.45) is 4.99 Å². The van der Waals surface area contributed by atoms with E-state index in [4.69, 9.17) is 23.8 Å². The van der Waals surface area contributed by atoms with Gasteiger partial charge in [-0.05, 0) is 89.6 Å². The van der Waals surface area contributed by atoms with Gasteiger partial charge in [0.1, 0.15) is 6.54 Å². The van der Waals surface area contributed by atoms with Gasteiger partial charge in [0.2, 0.25) is 0 Å². The average molecular weight is 667 g/mol. The summed E-state index contributed by atoms with van der Waals surface area (Å²) in [7, 11) is 0. The number of aromatic nitrogens is 4. The number of benzene rings is 3. The zero-order valence-electron chi connectivity index (χ0n) is 24.5. The number of allylic oxidation sites excluding steroid dienone is 2. The van der Waals surface area contributed by atoms with E-state index in [0.29, 0.717) is 27.4 Å². The van der Waals surface area contributed by atoms with Gasteiger partial charge in [-0.2, -0.15) is 18.4 Å².